The van der Waals surface area contributed by atoms with Crippen LogP contribution in [0.5, 0.6) is 0 Å². The molecule has 0 amide bonds. The van der Waals surface area contributed by atoms with E-state index >= 15 is 0 Å². The SMILES string of the molecule is CCC1CC1NS(=O)(=O)c1ccc([N+](=O)[O-])c(F)c1. The van der Waals surface area contributed by atoms with Crippen LogP contribution in [-0.2, 0) is 10.0 Å². The second-order valence-electron chi connectivity index (χ2n) is 4.50. The quantitative estimate of drug-likeness (QED) is 0.661. The van der Waals surface area contributed by atoms with Gasteiger partial charge < -0.3 is 0 Å². The molecule has 1 aliphatic carbocycles. The molecule has 2 rings (SSSR count). The molecule has 0 bridgehead atoms. The number of nitrogens with one attached hydrogen (secondary N) is 1. The molecule has 0 radical (unpaired) electrons. The molecule has 0 saturated heterocycles. The second-order valence-corrected chi connectivity index (χ2v) is 6.22. The molecule has 0 spiro atoms. The average molecular weight is 288 g/mol. The summed E-state index contributed by atoms with van der Waals surface area (Å²) in [5.41, 5.74) is -0.739. The molecule has 1 aliphatic rings. The summed E-state index contributed by atoms with van der Waals surface area (Å²) < 4.78 is 39.7. The second kappa shape index (κ2) is 4.86. The third-order valence-corrected chi connectivity index (χ3v) is 4.67. The number of hydrogen-bond acceptors (Lipinski definition) is 4. The zero-order valence-corrected chi connectivity index (χ0v) is 11.0. The van der Waals surface area contributed by atoms with Crippen LogP contribution in [0.4, 0.5) is 10.1 Å². The van der Waals surface area contributed by atoms with Gasteiger partial charge in [-0.25, -0.2) is 13.1 Å². The van der Waals surface area contributed by atoms with E-state index in [-0.39, 0.29) is 10.9 Å². The summed E-state index contributed by atoms with van der Waals surface area (Å²) in [5.74, 6) is -0.839. The predicted molar refractivity (Wildman–Crippen MR) is 65.6 cm³/mol. The van der Waals surface area contributed by atoms with Gasteiger partial charge in [-0.1, -0.05) is 13.3 Å². The monoisotopic (exact) mass is 288 g/mol. The Morgan fingerprint density at radius 3 is 2.68 bits per heavy atom. The Labute approximate surface area is 109 Å². The Kier molecular flexibility index (Phi) is 3.55. The lowest BCUT2D eigenvalue weighted by molar-refractivity contribution is -0.387. The van der Waals surface area contributed by atoms with Gasteiger partial charge in [0.15, 0.2) is 0 Å². The van der Waals surface area contributed by atoms with Crippen LogP contribution < -0.4 is 4.72 Å². The van der Waals surface area contributed by atoms with Gasteiger partial charge in [-0.15, -0.1) is 0 Å². The number of halogens is 1. The van der Waals surface area contributed by atoms with Crippen molar-refractivity contribution in [2.45, 2.75) is 30.7 Å². The van der Waals surface area contributed by atoms with E-state index in [9.17, 15) is 22.9 Å². The standard InChI is InChI=1S/C11H13FN2O4S/c1-2-7-5-10(7)13-19(17,18)8-3-4-11(14(15)16)9(12)6-8/h3-4,6-7,10,13H,2,5H2,1H3. The molecule has 19 heavy (non-hydrogen) atoms. The van der Waals surface area contributed by atoms with E-state index in [1.54, 1.807) is 0 Å². The molecule has 2 unspecified atom stereocenters. The van der Waals surface area contributed by atoms with Crippen LogP contribution in [0.1, 0.15) is 19.8 Å². The van der Waals surface area contributed by atoms with Crippen molar-refractivity contribution in [1.82, 2.24) is 4.72 Å². The number of nitro benzene ring substituents is 1. The molecular weight excluding hydrogens is 275 g/mol. The molecule has 1 fully saturated rings. The largest absolute Gasteiger partial charge is 0.304 e. The lowest BCUT2D eigenvalue weighted by Gasteiger charge is -2.06. The lowest BCUT2D eigenvalue weighted by atomic mass is 10.3. The summed E-state index contributed by atoms with van der Waals surface area (Å²) in [6, 6.07) is 2.44. The fraction of sp³-hybridized carbons (Fsp3) is 0.455. The highest BCUT2D eigenvalue weighted by Crippen LogP contribution is 2.34. The average Bonchev–Trinajstić information content (AvgIpc) is 3.06. The summed E-state index contributed by atoms with van der Waals surface area (Å²) in [6.07, 6.45) is 1.65. The first-order chi connectivity index (χ1) is 8.85. The smallest absolute Gasteiger partial charge is 0.258 e. The molecule has 104 valence electrons. The topological polar surface area (TPSA) is 89.3 Å². The summed E-state index contributed by atoms with van der Waals surface area (Å²) in [4.78, 5) is 9.26. The van der Waals surface area contributed by atoms with Gasteiger partial charge in [-0.2, -0.15) is 4.39 Å². The molecule has 8 heteroatoms. The number of benzene rings is 1. The Morgan fingerprint density at radius 1 is 1.53 bits per heavy atom. The highest BCUT2D eigenvalue weighted by Gasteiger charge is 2.38. The van der Waals surface area contributed by atoms with Gasteiger partial charge in [0.05, 0.1) is 9.82 Å². The molecule has 0 heterocycles. The van der Waals surface area contributed by atoms with E-state index < -0.39 is 26.5 Å². The van der Waals surface area contributed by atoms with Crippen LogP contribution in [0.2, 0.25) is 0 Å². The van der Waals surface area contributed by atoms with Crippen molar-refractivity contribution in [3.63, 3.8) is 0 Å². The predicted octanol–water partition coefficient (Wildman–Crippen LogP) is 1.81. The molecule has 1 N–H and O–H groups in total. The number of nitrogens with zero attached hydrogens (tertiary/aromatic N) is 1. The van der Waals surface area contributed by atoms with E-state index in [2.05, 4.69) is 4.72 Å². The molecule has 0 aromatic heterocycles. The normalized spacial score (nSPS) is 22.2. The maximum absolute atomic E-state index is 13.4. The number of rotatable bonds is 5. The summed E-state index contributed by atoms with van der Waals surface area (Å²) >= 11 is 0. The van der Waals surface area contributed by atoms with Gasteiger partial charge in [0, 0.05) is 18.2 Å². The zero-order chi connectivity index (χ0) is 14.2. The molecule has 6 nitrogen and oxygen atoms in total. The van der Waals surface area contributed by atoms with Crippen molar-refractivity contribution in [3.05, 3.63) is 34.1 Å². The number of hydrogen-bond donors (Lipinski definition) is 1. The van der Waals surface area contributed by atoms with Gasteiger partial charge in [0.2, 0.25) is 15.8 Å². The Morgan fingerprint density at radius 2 is 2.21 bits per heavy atom. The van der Waals surface area contributed by atoms with Crippen molar-refractivity contribution in [3.8, 4) is 0 Å². The number of nitro groups is 1. The van der Waals surface area contributed by atoms with Crippen LogP contribution in [-0.4, -0.2) is 19.4 Å². The van der Waals surface area contributed by atoms with E-state index in [0.717, 1.165) is 25.0 Å². The van der Waals surface area contributed by atoms with Gasteiger partial charge in [-0.3, -0.25) is 10.1 Å². The van der Waals surface area contributed by atoms with Crippen LogP contribution in [0.25, 0.3) is 0 Å². The maximum Gasteiger partial charge on any atom is 0.304 e. The minimum absolute atomic E-state index is 0.117. The minimum Gasteiger partial charge on any atom is -0.258 e. The van der Waals surface area contributed by atoms with E-state index in [1.807, 2.05) is 6.92 Å². The van der Waals surface area contributed by atoms with Crippen LogP contribution in [0.3, 0.4) is 0 Å². The fourth-order valence-electron chi connectivity index (χ4n) is 1.91. The lowest BCUT2D eigenvalue weighted by Crippen LogP contribution is -2.27. The molecule has 1 aromatic rings. The van der Waals surface area contributed by atoms with Crippen molar-refractivity contribution < 1.29 is 17.7 Å². The molecule has 0 aliphatic heterocycles. The van der Waals surface area contributed by atoms with Gasteiger partial charge in [0.1, 0.15) is 0 Å². The van der Waals surface area contributed by atoms with Gasteiger partial charge in [-0.05, 0) is 18.4 Å². The molecule has 1 saturated carbocycles. The Balaban J connectivity index is 2.22. The zero-order valence-electron chi connectivity index (χ0n) is 10.2. The summed E-state index contributed by atoms with van der Waals surface area (Å²) in [6.45, 7) is 1.96. The van der Waals surface area contributed by atoms with E-state index in [1.165, 1.54) is 0 Å². The first-order valence-corrected chi connectivity index (χ1v) is 7.29. The van der Waals surface area contributed by atoms with Crippen LogP contribution in [0, 0.1) is 21.8 Å². The Hall–Kier alpha value is -1.54. The van der Waals surface area contributed by atoms with Crippen LogP contribution in [0.15, 0.2) is 23.1 Å². The van der Waals surface area contributed by atoms with E-state index in [0.29, 0.717) is 12.0 Å². The number of sulfonamides is 1. The van der Waals surface area contributed by atoms with Gasteiger partial charge >= 0.3 is 5.69 Å². The Bertz CT molecular complexity index is 617. The first-order valence-electron chi connectivity index (χ1n) is 5.81. The van der Waals surface area contributed by atoms with Crippen LogP contribution >= 0.6 is 0 Å². The third-order valence-electron chi connectivity index (χ3n) is 3.18. The van der Waals surface area contributed by atoms with E-state index in [4.69, 9.17) is 0 Å². The highest BCUT2D eigenvalue weighted by atomic mass is 32.2. The first kappa shape index (κ1) is 13.9. The van der Waals surface area contributed by atoms with Gasteiger partial charge in [0.25, 0.3) is 0 Å². The summed E-state index contributed by atoms with van der Waals surface area (Å²) in [5, 5.41) is 10.5. The van der Waals surface area contributed by atoms with Crippen molar-refractivity contribution in [2.75, 3.05) is 0 Å². The van der Waals surface area contributed by atoms with Crippen molar-refractivity contribution in [2.24, 2.45) is 5.92 Å². The highest BCUT2D eigenvalue weighted by molar-refractivity contribution is 7.89. The van der Waals surface area contributed by atoms with Crippen molar-refractivity contribution in [1.29, 1.82) is 0 Å². The summed E-state index contributed by atoms with van der Waals surface area (Å²) in [7, 11) is -3.82. The maximum atomic E-state index is 13.4. The molecular formula is C11H13FN2O4S. The van der Waals surface area contributed by atoms with Crippen molar-refractivity contribution >= 4 is 15.7 Å². The fourth-order valence-corrected chi connectivity index (χ4v) is 3.24. The molecule has 2 atom stereocenters. The molecule has 1 aromatic carbocycles. The minimum atomic E-state index is -3.82. The third kappa shape index (κ3) is 2.90.